The normalized spacial score (nSPS) is 11.8. The van der Waals surface area contributed by atoms with Crippen LogP contribution in [0, 0.1) is 12.3 Å². The van der Waals surface area contributed by atoms with Crippen LogP contribution in [0.1, 0.15) is 29.1 Å². The van der Waals surface area contributed by atoms with Crippen molar-refractivity contribution in [2.45, 2.75) is 27.3 Å². The smallest absolute Gasteiger partial charge is 0.262 e. The average molecular weight is 308 g/mol. The molecule has 0 aliphatic heterocycles. The van der Waals surface area contributed by atoms with Gasteiger partial charge in [-0.2, -0.15) is 0 Å². The molecule has 0 radical (unpaired) electrons. The maximum atomic E-state index is 12.4. The van der Waals surface area contributed by atoms with Crippen molar-refractivity contribution in [2.24, 2.45) is 5.41 Å². The average Bonchev–Trinajstić information content (AvgIpc) is 2.71. The molecule has 0 saturated heterocycles. The van der Waals surface area contributed by atoms with Gasteiger partial charge in [-0.15, -0.1) is 11.3 Å². The summed E-state index contributed by atoms with van der Waals surface area (Å²) in [6.45, 7) is 4.26. The Balaban J connectivity index is 2.62. The minimum atomic E-state index is -1.36. The Morgan fingerprint density at radius 3 is 2.52 bits per heavy atom. The van der Waals surface area contributed by atoms with Crippen LogP contribution in [0.15, 0.2) is 11.1 Å². The molecule has 0 saturated carbocycles. The lowest BCUT2D eigenvalue weighted by molar-refractivity contribution is -0.318. The summed E-state index contributed by atoms with van der Waals surface area (Å²) in [6, 6.07) is 0. The summed E-state index contributed by atoms with van der Waals surface area (Å²) in [5.74, 6) is -2.65. The van der Waals surface area contributed by atoms with Gasteiger partial charge in [0.1, 0.15) is 4.83 Å². The molecule has 8 heteroatoms. The Morgan fingerprint density at radius 2 is 2.00 bits per heavy atom. The molecule has 2 heterocycles. The van der Waals surface area contributed by atoms with Crippen LogP contribution in [0.3, 0.4) is 0 Å². The first-order valence-corrected chi connectivity index (χ1v) is 6.88. The fraction of sp³-hybridized carbons (Fsp3) is 0.385. The summed E-state index contributed by atoms with van der Waals surface area (Å²) in [5.41, 5.74) is -1.44. The zero-order valence-electron chi connectivity index (χ0n) is 11.6. The van der Waals surface area contributed by atoms with Gasteiger partial charge >= 0.3 is 0 Å². The van der Waals surface area contributed by atoms with Crippen LogP contribution in [-0.2, 0) is 11.3 Å². The van der Waals surface area contributed by atoms with E-state index in [0.717, 1.165) is 15.9 Å². The third-order valence-electron chi connectivity index (χ3n) is 3.22. The Labute approximate surface area is 123 Å². The Morgan fingerprint density at radius 1 is 1.38 bits per heavy atom. The van der Waals surface area contributed by atoms with Gasteiger partial charge in [-0.3, -0.25) is 9.36 Å². The van der Waals surface area contributed by atoms with Gasteiger partial charge in [-0.25, -0.2) is 4.98 Å². The van der Waals surface area contributed by atoms with Gasteiger partial charge in [-0.05, 0) is 12.5 Å². The molecule has 0 aromatic carbocycles. The Bertz CT molecular complexity index is 803. The zero-order valence-corrected chi connectivity index (χ0v) is 12.4. The fourth-order valence-corrected chi connectivity index (χ4v) is 2.93. The Hall–Kier alpha value is -2.22. The standard InChI is InChI=1S/C13H14N2O5S/c1-6-7-9(21-8(6)11(17)18)14-5-15(10(7)16)4-13(2,3)12(19)20/h5H,4H2,1-3H3,(H,17,18)(H,19,20)/p-2. The van der Waals surface area contributed by atoms with E-state index in [0.29, 0.717) is 4.83 Å². The number of aliphatic carboxylic acids is 1. The molecule has 0 N–H and O–H groups in total. The van der Waals surface area contributed by atoms with E-state index in [1.165, 1.54) is 27.1 Å². The van der Waals surface area contributed by atoms with Crippen LogP contribution in [0.4, 0.5) is 0 Å². The number of carboxylic acids is 2. The highest BCUT2D eigenvalue weighted by atomic mass is 32.1. The number of aryl methyl sites for hydroxylation is 1. The van der Waals surface area contributed by atoms with Crippen molar-refractivity contribution in [3.8, 4) is 0 Å². The van der Waals surface area contributed by atoms with E-state index in [1.807, 2.05) is 0 Å². The van der Waals surface area contributed by atoms with Crippen LogP contribution in [0.2, 0.25) is 0 Å². The molecule has 0 amide bonds. The summed E-state index contributed by atoms with van der Waals surface area (Å²) < 4.78 is 1.15. The van der Waals surface area contributed by atoms with E-state index < -0.39 is 22.9 Å². The number of rotatable bonds is 4. The monoisotopic (exact) mass is 308 g/mol. The van der Waals surface area contributed by atoms with Crippen molar-refractivity contribution in [3.05, 3.63) is 27.1 Å². The number of hydrogen-bond donors (Lipinski definition) is 0. The molecule has 0 unspecified atom stereocenters. The maximum absolute atomic E-state index is 12.4. The first-order chi connectivity index (χ1) is 9.65. The van der Waals surface area contributed by atoms with Crippen molar-refractivity contribution in [3.63, 3.8) is 0 Å². The number of aromatic nitrogens is 2. The first kappa shape index (κ1) is 15.2. The van der Waals surface area contributed by atoms with Crippen LogP contribution >= 0.6 is 11.3 Å². The van der Waals surface area contributed by atoms with Crippen LogP contribution in [-0.4, -0.2) is 21.5 Å². The molecule has 112 valence electrons. The van der Waals surface area contributed by atoms with Gasteiger partial charge in [0.2, 0.25) is 0 Å². The number of fused-ring (bicyclic) bond motifs is 1. The molecule has 2 aromatic rings. The van der Waals surface area contributed by atoms with Crippen LogP contribution < -0.4 is 15.8 Å². The highest BCUT2D eigenvalue weighted by Gasteiger charge is 2.22. The number of nitrogens with zero attached hydrogens (tertiary/aromatic N) is 2. The van der Waals surface area contributed by atoms with Gasteiger partial charge < -0.3 is 19.8 Å². The van der Waals surface area contributed by atoms with Gasteiger partial charge in [-0.1, -0.05) is 13.8 Å². The molecule has 0 bridgehead atoms. The highest BCUT2D eigenvalue weighted by molar-refractivity contribution is 7.20. The fourth-order valence-electron chi connectivity index (χ4n) is 1.96. The lowest BCUT2D eigenvalue weighted by atomic mass is 9.94. The highest BCUT2D eigenvalue weighted by Crippen LogP contribution is 2.26. The van der Waals surface area contributed by atoms with E-state index in [9.17, 15) is 24.6 Å². The van der Waals surface area contributed by atoms with Crippen molar-refractivity contribution >= 4 is 33.5 Å². The van der Waals surface area contributed by atoms with E-state index >= 15 is 0 Å². The van der Waals surface area contributed by atoms with E-state index in [1.54, 1.807) is 0 Å². The maximum Gasteiger partial charge on any atom is 0.262 e. The first-order valence-electron chi connectivity index (χ1n) is 6.06. The lowest BCUT2D eigenvalue weighted by Gasteiger charge is -2.26. The second-order valence-electron chi connectivity index (χ2n) is 5.37. The van der Waals surface area contributed by atoms with Gasteiger partial charge in [0.25, 0.3) is 5.56 Å². The van der Waals surface area contributed by atoms with Crippen molar-refractivity contribution in [2.75, 3.05) is 0 Å². The summed E-state index contributed by atoms with van der Waals surface area (Å²) in [7, 11) is 0. The number of aromatic carboxylic acids is 1. The second-order valence-corrected chi connectivity index (χ2v) is 6.37. The van der Waals surface area contributed by atoms with E-state index in [-0.39, 0.29) is 22.4 Å². The summed E-state index contributed by atoms with van der Waals surface area (Å²) in [5, 5.41) is 22.2. The summed E-state index contributed by atoms with van der Waals surface area (Å²) >= 11 is 0.864. The van der Waals surface area contributed by atoms with Crippen molar-refractivity contribution in [1.82, 2.24) is 9.55 Å². The van der Waals surface area contributed by atoms with Crippen molar-refractivity contribution < 1.29 is 19.8 Å². The predicted octanol–water partition coefficient (Wildman–Crippen LogP) is -1.09. The molecular weight excluding hydrogens is 296 g/mol. The molecule has 0 spiro atoms. The number of thiophene rings is 1. The van der Waals surface area contributed by atoms with Gasteiger partial charge in [0.15, 0.2) is 0 Å². The predicted molar refractivity (Wildman–Crippen MR) is 71.7 cm³/mol. The molecule has 2 rings (SSSR count). The lowest BCUT2D eigenvalue weighted by Crippen LogP contribution is -2.42. The zero-order chi connectivity index (χ0) is 15.9. The molecule has 0 atom stereocenters. The third kappa shape index (κ3) is 2.54. The molecule has 0 fully saturated rings. The minimum absolute atomic E-state index is 0.0495. The molecule has 0 aliphatic carbocycles. The minimum Gasteiger partial charge on any atom is -0.550 e. The molecule has 7 nitrogen and oxygen atoms in total. The second kappa shape index (κ2) is 4.96. The molecular formula is C13H12N2O5S-2. The summed E-state index contributed by atoms with van der Waals surface area (Å²) in [4.78, 5) is 38.7. The van der Waals surface area contributed by atoms with Crippen LogP contribution in [0.25, 0.3) is 10.2 Å². The number of carboxylic acid groups (broad SMARTS) is 2. The van der Waals surface area contributed by atoms with E-state index in [4.69, 9.17) is 0 Å². The molecule has 0 aliphatic rings. The van der Waals surface area contributed by atoms with E-state index in [2.05, 4.69) is 4.98 Å². The van der Waals surface area contributed by atoms with Gasteiger partial charge in [0.05, 0.1) is 22.6 Å². The largest absolute Gasteiger partial charge is 0.550 e. The topological polar surface area (TPSA) is 115 Å². The molecule has 21 heavy (non-hydrogen) atoms. The summed E-state index contributed by atoms with van der Waals surface area (Å²) in [6.07, 6.45) is 1.21. The van der Waals surface area contributed by atoms with Crippen molar-refractivity contribution in [1.29, 1.82) is 0 Å². The quantitative estimate of drug-likeness (QED) is 0.708. The SMILES string of the molecule is Cc1c(C(=O)[O-])sc2ncn(CC(C)(C)C(=O)[O-])c(=O)c12. The third-order valence-corrected chi connectivity index (χ3v) is 4.40. The number of carbonyl (C=O) groups excluding carboxylic acids is 2. The number of hydrogen-bond acceptors (Lipinski definition) is 7. The Kier molecular flexibility index (Phi) is 3.58. The van der Waals surface area contributed by atoms with Gasteiger partial charge in [0, 0.05) is 17.9 Å². The van der Waals surface area contributed by atoms with Crippen LogP contribution in [0.5, 0.6) is 0 Å². The number of carbonyl (C=O) groups is 2. The molecule has 2 aromatic heterocycles.